The van der Waals surface area contributed by atoms with Crippen LogP contribution in [0.25, 0.3) is 5.32 Å². The molecule has 1 aromatic carbocycles. The van der Waals surface area contributed by atoms with E-state index >= 15 is 0 Å². The minimum atomic E-state index is -4.50. The number of nitrogens with one attached hydrogen (secondary N) is 1. The van der Waals surface area contributed by atoms with E-state index in [0.29, 0.717) is 6.54 Å². The summed E-state index contributed by atoms with van der Waals surface area (Å²) in [6.07, 6.45) is 5.27. The number of hydrogen-bond acceptors (Lipinski definition) is 5. The summed E-state index contributed by atoms with van der Waals surface area (Å²) >= 11 is 0. The van der Waals surface area contributed by atoms with Gasteiger partial charge < -0.3 is 15.2 Å². The largest absolute Gasteiger partial charge is 0.424 e. The second-order valence-electron chi connectivity index (χ2n) is 8.30. The van der Waals surface area contributed by atoms with Crippen molar-refractivity contribution in [2.75, 3.05) is 5.32 Å². The van der Waals surface area contributed by atoms with E-state index in [1.165, 1.54) is 24.7 Å². The monoisotopic (exact) mass is 430 g/mol. The van der Waals surface area contributed by atoms with Gasteiger partial charge in [-0.05, 0) is 36.6 Å². The lowest BCUT2D eigenvalue weighted by Crippen LogP contribution is -2.69. The van der Waals surface area contributed by atoms with Gasteiger partial charge in [-0.25, -0.2) is 9.97 Å². The van der Waals surface area contributed by atoms with E-state index in [4.69, 9.17) is 4.52 Å². The predicted molar refractivity (Wildman–Crippen MR) is 100 cm³/mol. The summed E-state index contributed by atoms with van der Waals surface area (Å²) in [5.41, 5.74) is 0.573. The fourth-order valence-electron chi connectivity index (χ4n) is 4.81. The van der Waals surface area contributed by atoms with E-state index in [-0.39, 0.29) is 22.4 Å². The van der Waals surface area contributed by atoms with Gasteiger partial charge >= 0.3 is 6.18 Å². The summed E-state index contributed by atoms with van der Waals surface area (Å²) in [6.45, 7) is 0.636. The van der Waals surface area contributed by atoms with Crippen molar-refractivity contribution in [3.8, 4) is 0 Å². The van der Waals surface area contributed by atoms with Gasteiger partial charge in [0.05, 0.1) is 5.56 Å². The fourth-order valence-corrected chi connectivity index (χ4v) is 4.81. The number of carbonyl (C=O) groups is 1. The molecule has 0 atom stereocenters. The number of aromatic nitrogens is 4. The van der Waals surface area contributed by atoms with Crippen molar-refractivity contribution in [2.24, 2.45) is 5.41 Å². The molecular formula is C20H17F3N6O2. The quantitative estimate of drug-likeness (QED) is 0.614. The summed E-state index contributed by atoms with van der Waals surface area (Å²) < 4.78 is 45.0. The van der Waals surface area contributed by atoms with Crippen molar-refractivity contribution in [3.63, 3.8) is 0 Å². The second-order valence-corrected chi connectivity index (χ2v) is 8.30. The van der Waals surface area contributed by atoms with Crippen LogP contribution in [0.3, 0.4) is 0 Å². The predicted octanol–water partition coefficient (Wildman–Crippen LogP) is 4.13. The molecule has 0 aliphatic heterocycles. The third-order valence-corrected chi connectivity index (χ3v) is 5.96. The van der Waals surface area contributed by atoms with Crippen LogP contribution < -0.4 is 10.00 Å². The topological polar surface area (TPSA) is 98.9 Å². The third-order valence-electron chi connectivity index (χ3n) is 5.96. The molecule has 11 heteroatoms. The van der Waals surface area contributed by atoms with Crippen LogP contribution in [0.2, 0.25) is 0 Å². The molecule has 0 radical (unpaired) electrons. The minimum Gasteiger partial charge on any atom is -0.424 e. The molecule has 6 rings (SSSR count). The number of anilines is 1. The Balaban J connectivity index is 1.16. The lowest BCUT2D eigenvalue weighted by Gasteiger charge is -2.68. The van der Waals surface area contributed by atoms with Crippen molar-refractivity contribution in [3.05, 3.63) is 65.6 Å². The molecular weight excluding hydrogens is 413 g/mol. The molecule has 1 N–H and O–H groups in total. The summed E-state index contributed by atoms with van der Waals surface area (Å²) in [5.74, 6) is -0.0257. The molecule has 31 heavy (non-hydrogen) atoms. The number of amides is 2. The van der Waals surface area contributed by atoms with Crippen molar-refractivity contribution in [1.29, 1.82) is 0 Å². The van der Waals surface area contributed by atoms with Crippen LogP contribution >= 0.6 is 0 Å². The maximum absolute atomic E-state index is 12.8. The SMILES string of the molecule is O=C([N-]c1c[n+](CC23CC(c4cncnc4)(C2)C3)no1)Nc1cccc(C(F)(F)F)c1. The second kappa shape index (κ2) is 6.76. The van der Waals surface area contributed by atoms with Crippen LogP contribution in [0.5, 0.6) is 0 Å². The van der Waals surface area contributed by atoms with Gasteiger partial charge in [-0.15, -0.1) is 0 Å². The average molecular weight is 430 g/mol. The summed E-state index contributed by atoms with van der Waals surface area (Å²) in [4.78, 5) is 20.2. The number of benzene rings is 1. The normalized spacial score (nSPS) is 24.1. The van der Waals surface area contributed by atoms with Gasteiger partial charge in [0, 0.05) is 23.2 Å². The van der Waals surface area contributed by atoms with Crippen LogP contribution in [-0.4, -0.2) is 21.3 Å². The molecule has 2 amide bonds. The Hall–Kier alpha value is -3.50. The lowest BCUT2D eigenvalue weighted by molar-refractivity contribution is -0.780. The fraction of sp³-hybridized carbons (Fsp3) is 0.350. The number of halogens is 3. The summed E-state index contributed by atoms with van der Waals surface area (Å²) in [5, 5.41) is 9.92. The summed E-state index contributed by atoms with van der Waals surface area (Å²) in [6, 6.07) is 3.46. The zero-order chi connectivity index (χ0) is 21.7. The number of hydrogen-bond donors (Lipinski definition) is 1. The smallest absolute Gasteiger partial charge is 0.416 e. The minimum absolute atomic E-state index is 0.0139. The Bertz CT molecular complexity index is 1110. The van der Waals surface area contributed by atoms with Gasteiger partial charge in [-0.1, -0.05) is 22.9 Å². The van der Waals surface area contributed by atoms with E-state index < -0.39 is 17.8 Å². The zero-order valence-corrected chi connectivity index (χ0v) is 16.1. The van der Waals surface area contributed by atoms with Crippen LogP contribution in [-0.2, 0) is 18.1 Å². The van der Waals surface area contributed by atoms with E-state index in [0.717, 1.165) is 37.0 Å². The standard InChI is InChI=1S/C20H17F3N6O2/c21-20(22,23)13-2-1-3-15(4-13)26-17(30)27-16-7-29(28-31-16)11-18-8-19(9-18,10-18)14-5-24-12-25-6-14/h1-7,12H,8-11H2,(H-,26,27,28,30). The van der Waals surface area contributed by atoms with Gasteiger partial charge in [0.2, 0.25) is 12.1 Å². The van der Waals surface area contributed by atoms with Gasteiger partial charge in [-0.3, -0.25) is 4.79 Å². The number of nitrogens with zero attached hydrogens (tertiary/aromatic N) is 5. The molecule has 3 saturated carbocycles. The number of rotatable bonds is 5. The summed E-state index contributed by atoms with van der Waals surface area (Å²) in [7, 11) is 0. The average Bonchev–Trinajstić information content (AvgIpc) is 3.10. The zero-order valence-electron chi connectivity index (χ0n) is 16.1. The first-order valence-electron chi connectivity index (χ1n) is 9.57. The van der Waals surface area contributed by atoms with Crippen LogP contribution in [0.15, 0.2) is 53.7 Å². The third kappa shape index (κ3) is 3.60. The number of alkyl halides is 3. The molecule has 0 unspecified atom stereocenters. The lowest BCUT2D eigenvalue weighted by atomic mass is 9.33. The van der Waals surface area contributed by atoms with Gasteiger partial charge in [0.25, 0.3) is 0 Å². The molecule has 3 fully saturated rings. The molecule has 3 aliphatic carbocycles. The van der Waals surface area contributed by atoms with Crippen molar-refractivity contribution < 1.29 is 27.2 Å². The Morgan fingerprint density at radius 3 is 2.68 bits per heavy atom. The first-order chi connectivity index (χ1) is 14.8. The first kappa shape index (κ1) is 19.5. The van der Waals surface area contributed by atoms with Crippen LogP contribution in [0, 0.1) is 5.41 Å². The Morgan fingerprint density at radius 2 is 1.97 bits per heavy atom. The Labute approximate surface area is 174 Å². The van der Waals surface area contributed by atoms with Gasteiger partial charge in [0.1, 0.15) is 6.33 Å². The maximum atomic E-state index is 12.8. The van der Waals surface area contributed by atoms with Gasteiger partial charge in [0.15, 0.2) is 17.8 Å². The molecule has 3 aliphatic rings. The molecule has 0 saturated heterocycles. The van der Waals surface area contributed by atoms with Crippen LogP contribution in [0.1, 0.15) is 30.4 Å². The molecule has 0 spiro atoms. The highest BCUT2D eigenvalue weighted by Crippen LogP contribution is 2.73. The maximum Gasteiger partial charge on any atom is 0.416 e. The molecule has 3 aromatic rings. The van der Waals surface area contributed by atoms with E-state index in [1.54, 1.807) is 4.68 Å². The van der Waals surface area contributed by atoms with Crippen molar-refractivity contribution in [2.45, 2.75) is 37.4 Å². The molecule has 2 heterocycles. The number of urea groups is 1. The molecule has 160 valence electrons. The van der Waals surface area contributed by atoms with E-state index in [2.05, 4.69) is 25.9 Å². The molecule has 8 nitrogen and oxygen atoms in total. The molecule has 2 bridgehead atoms. The number of carbonyl (C=O) groups excluding carboxylic acids is 1. The van der Waals surface area contributed by atoms with E-state index in [9.17, 15) is 18.0 Å². The Morgan fingerprint density at radius 1 is 1.23 bits per heavy atom. The van der Waals surface area contributed by atoms with Gasteiger partial charge in [-0.2, -0.15) is 13.2 Å². The first-order valence-corrected chi connectivity index (χ1v) is 9.57. The highest BCUT2D eigenvalue weighted by atomic mass is 19.4. The van der Waals surface area contributed by atoms with Crippen molar-refractivity contribution >= 4 is 17.6 Å². The molecule has 2 aromatic heterocycles. The Kier molecular flexibility index (Phi) is 4.24. The van der Waals surface area contributed by atoms with Crippen LogP contribution in [0.4, 0.5) is 29.5 Å². The highest BCUT2D eigenvalue weighted by molar-refractivity contribution is 6.03. The van der Waals surface area contributed by atoms with E-state index in [1.807, 2.05) is 12.4 Å². The van der Waals surface area contributed by atoms with Crippen molar-refractivity contribution in [1.82, 2.24) is 15.2 Å². The highest BCUT2D eigenvalue weighted by Gasteiger charge is 2.70.